The molecular formula is C11H15NOS. The zero-order valence-electron chi connectivity index (χ0n) is 8.32. The van der Waals surface area contributed by atoms with E-state index < -0.39 is 0 Å². The van der Waals surface area contributed by atoms with Crippen molar-refractivity contribution in [2.75, 3.05) is 11.9 Å². The Hall–Kier alpha value is -0.670. The second-order valence-electron chi connectivity index (χ2n) is 3.31. The quantitative estimate of drug-likeness (QED) is 0.769. The third-order valence-corrected chi connectivity index (χ3v) is 3.24. The van der Waals surface area contributed by atoms with Crippen LogP contribution in [-0.4, -0.2) is 12.2 Å². The lowest BCUT2D eigenvalue weighted by atomic mass is 10.3. The van der Waals surface area contributed by atoms with Gasteiger partial charge in [0.1, 0.15) is 0 Å². The van der Waals surface area contributed by atoms with Crippen LogP contribution in [0.4, 0.5) is 5.69 Å². The highest BCUT2D eigenvalue weighted by atomic mass is 32.2. The molecule has 1 aliphatic heterocycles. The standard InChI is InChI=1S/C11H15NOS/c1-2-3-8-13-11-12-9-6-4-5-7-10(9)14-11/h4-7,11-12H,2-3,8H2,1H3. The topological polar surface area (TPSA) is 21.3 Å². The van der Waals surface area contributed by atoms with E-state index in [1.165, 1.54) is 17.0 Å². The summed E-state index contributed by atoms with van der Waals surface area (Å²) in [4.78, 5) is 1.29. The molecule has 76 valence electrons. The Morgan fingerprint density at radius 3 is 3.07 bits per heavy atom. The fourth-order valence-corrected chi connectivity index (χ4v) is 2.36. The number of ether oxygens (including phenoxy) is 1. The summed E-state index contributed by atoms with van der Waals surface area (Å²) in [7, 11) is 0. The summed E-state index contributed by atoms with van der Waals surface area (Å²) >= 11 is 1.75. The van der Waals surface area contributed by atoms with Gasteiger partial charge in [-0.3, -0.25) is 0 Å². The molecule has 1 atom stereocenters. The van der Waals surface area contributed by atoms with Gasteiger partial charge in [-0.1, -0.05) is 37.2 Å². The Morgan fingerprint density at radius 2 is 2.29 bits per heavy atom. The minimum atomic E-state index is 0.110. The van der Waals surface area contributed by atoms with Crippen molar-refractivity contribution in [3.8, 4) is 0 Å². The van der Waals surface area contributed by atoms with Gasteiger partial charge in [-0.15, -0.1) is 0 Å². The highest BCUT2D eigenvalue weighted by Crippen LogP contribution is 2.38. The molecule has 0 aromatic heterocycles. The number of thioether (sulfide) groups is 1. The predicted molar refractivity (Wildman–Crippen MR) is 60.6 cm³/mol. The van der Waals surface area contributed by atoms with Gasteiger partial charge in [0.05, 0.1) is 12.3 Å². The van der Waals surface area contributed by atoms with Gasteiger partial charge in [-0.2, -0.15) is 0 Å². The van der Waals surface area contributed by atoms with Crippen LogP contribution in [0, 0.1) is 0 Å². The van der Waals surface area contributed by atoms with Crippen molar-refractivity contribution in [1.29, 1.82) is 0 Å². The molecule has 0 amide bonds. The number of anilines is 1. The number of fused-ring (bicyclic) bond motifs is 1. The van der Waals surface area contributed by atoms with Gasteiger partial charge in [-0.05, 0) is 18.6 Å². The average molecular weight is 209 g/mol. The molecular weight excluding hydrogens is 194 g/mol. The second-order valence-corrected chi connectivity index (χ2v) is 4.42. The molecule has 0 saturated heterocycles. The van der Waals surface area contributed by atoms with Gasteiger partial charge in [-0.25, -0.2) is 0 Å². The lowest BCUT2D eigenvalue weighted by Gasteiger charge is -2.10. The molecule has 14 heavy (non-hydrogen) atoms. The highest BCUT2D eigenvalue weighted by molar-refractivity contribution is 8.00. The van der Waals surface area contributed by atoms with Crippen molar-refractivity contribution < 1.29 is 4.74 Å². The molecule has 0 radical (unpaired) electrons. The summed E-state index contributed by atoms with van der Waals surface area (Å²) < 4.78 is 5.68. The molecule has 0 fully saturated rings. The highest BCUT2D eigenvalue weighted by Gasteiger charge is 2.20. The van der Waals surface area contributed by atoms with Crippen molar-refractivity contribution in [3.05, 3.63) is 24.3 Å². The van der Waals surface area contributed by atoms with Gasteiger partial charge < -0.3 is 10.1 Å². The van der Waals surface area contributed by atoms with Gasteiger partial charge in [0.25, 0.3) is 0 Å². The van der Waals surface area contributed by atoms with E-state index in [9.17, 15) is 0 Å². The van der Waals surface area contributed by atoms with Gasteiger partial charge in [0, 0.05) is 4.90 Å². The van der Waals surface area contributed by atoms with Crippen molar-refractivity contribution in [2.45, 2.75) is 30.2 Å². The van der Waals surface area contributed by atoms with Crippen molar-refractivity contribution >= 4 is 17.4 Å². The number of para-hydroxylation sites is 1. The first-order valence-electron chi connectivity index (χ1n) is 5.04. The number of hydrogen-bond acceptors (Lipinski definition) is 3. The van der Waals surface area contributed by atoms with Crippen molar-refractivity contribution in [3.63, 3.8) is 0 Å². The largest absolute Gasteiger partial charge is 0.350 e. The summed E-state index contributed by atoms with van der Waals surface area (Å²) in [5, 5.41) is 3.33. The van der Waals surface area contributed by atoms with E-state index in [4.69, 9.17) is 4.74 Å². The Morgan fingerprint density at radius 1 is 1.43 bits per heavy atom. The molecule has 0 aliphatic carbocycles. The van der Waals surface area contributed by atoms with Gasteiger partial charge in [0.15, 0.2) is 5.56 Å². The van der Waals surface area contributed by atoms with E-state index in [1.54, 1.807) is 11.8 Å². The Balaban J connectivity index is 1.86. The number of nitrogens with one attached hydrogen (secondary N) is 1. The van der Waals surface area contributed by atoms with Crippen LogP contribution in [-0.2, 0) is 4.74 Å². The maximum absolute atomic E-state index is 5.68. The number of unbranched alkanes of at least 4 members (excludes halogenated alkanes) is 1. The molecule has 1 heterocycles. The van der Waals surface area contributed by atoms with E-state index >= 15 is 0 Å². The lowest BCUT2D eigenvalue weighted by Crippen LogP contribution is -2.15. The Bertz CT molecular complexity index is 278. The maximum Gasteiger partial charge on any atom is 0.180 e. The predicted octanol–water partition coefficient (Wildman–Crippen LogP) is 3.30. The van der Waals surface area contributed by atoms with E-state index in [2.05, 4.69) is 30.4 Å². The molecule has 0 saturated carbocycles. The van der Waals surface area contributed by atoms with Crippen LogP contribution in [0.1, 0.15) is 19.8 Å². The summed E-state index contributed by atoms with van der Waals surface area (Å²) in [6, 6.07) is 8.31. The monoisotopic (exact) mass is 209 g/mol. The number of hydrogen-bond donors (Lipinski definition) is 1. The normalized spacial score (nSPS) is 19.1. The molecule has 2 nitrogen and oxygen atoms in total. The molecule has 0 bridgehead atoms. The third kappa shape index (κ3) is 2.22. The minimum Gasteiger partial charge on any atom is -0.350 e. The van der Waals surface area contributed by atoms with Gasteiger partial charge in [0.2, 0.25) is 0 Å². The van der Waals surface area contributed by atoms with Crippen LogP contribution in [0.2, 0.25) is 0 Å². The maximum atomic E-state index is 5.68. The van der Waals surface area contributed by atoms with Crippen LogP contribution in [0.5, 0.6) is 0 Å². The van der Waals surface area contributed by atoms with Crippen LogP contribution in [0.3, 0.4) is 0 Å². The summed E-state index contributed by atoms with van der Waals surface area (Å²) in [6.07, 6.45) is 2.32. The first-order chi connectivity index (χ1) is 6.90. The zero-order chi connectivity index (χ0) is 9.80. The zero-order valence-corrected chi connectivity index (χ0v) is 9.14. The van der Waals surface area contributed by atoms with Crippen LogP contribution >= 0.6 is 11.8 Å². The van der Waals surface area contributed by atoms with E-state index in [-0.39, 0.29) is 5.56 Å². The Labute approximate surface area is 89.0 Å². The summed E-state index contributed by atoms with van der Waals surface area (Å²) in [5.41, 5.74) is 1.30. The summed E-state index contributed by atoms with van der Waals surface area (Å²) in [5.74, 6) is 0. The molecule has 1 unspecified atom stereocenters. The lowest BCUT2D eigenvalue weighted by molar-refractivity contribution is 0.128. The van der Waals surface area contributed by atoms with Crippen LogP contribution in [0.15, 0.2) is 29.2 Å². The molecule has 1 aliphatic rings. The molecule has 1 aromatic carbocycles. The van der Waals surface area contributed by atoms with E-state index in [1.807, 2.05) is 6.07 Å². The second kappa shape index (κ2) is 4.71. The van der Waals surface area contributed by atoms with Crippen LogP contribution in [0.25, 0.3) is 0 Å². The molecule has 1 aromatic rings. The third-order valence-electron chi connectivity index (χ3n) is 2.16. The first kappa shape index (κ1) is 9.87. The SMILES string of the molecule is CCCCOC1Nc2ccccc2S1. The smallest absolute Gasteiger partial charge is 0.180 e. The van der Waals surface area contributed by atoms with E-state index in [0.717, 1.165) is 13.0 Å². The average Bonchev–Trinajstić information content (AvgIpc) is 2.60. The first-order valence-corrected chi connectivity index (χ1v) is 5.92. The number of benzene rings is 1. The summed E-state index contributed by atoms with van der Waals surface area (Å²) in [6.45, 7) is 3.02. The van der Waals surface area contributed by atoms with Crippen molar-refractivity contribution in [1.82, 2.24) is 0 Å². The molecule has 3 heteroatoms. The fourth-order valence-electron chi connectivity index (χ4n) is 1.37. The minimum absolute atomic E-state index is 0.110. The number of rotatable bonds is 4. The molecule has 1 N–H and O–H groups in total. The Kier molecular flexibility index (Phi) is 3.32. The van der Waals surface area contributed by atoms with E-state index in [0.29, 0.717) is 0 Å². The van der Waals surface area contributed by atoms with Crippen molar-refractivity contribution in [2.24, 2.45) is 0 Å². The molecule has 0 spiro atoms. The van der Waals surface area contributed by atoms with Crippen LogP contribution < -0.4 is 5.32 Å². The van der Waals surface area contributed by atoms with Gasteiger partial charge >= 0.3 is 0 Å². The molecule has 2 rings (SSSR count). The fraction of sp³-hybridized carbons (Fsp3) is 0.455.